The van der Waals surface area contributed by atoms with E-state index in [4.69, 9.17) is 0 Å². The van der Waals surface area contributed by atoms with E-state index in [1.165, 1.54) is 0 Å². The molecule has 0 saturated carbocycles. The lowest BCUT2D eigenvalue weighted by molar-refractivity contribution is 0.0987. The van der Waals surface area contributed by atoms with Crippen LogP contribution in [0.5, 0.6) is 0 Å². The van der Waals surface area contributed by atoms with E-state index in [-0.39, 0.29) is 17.8 Å². The summed E-state index contributed by atoms with van der Waals surface area (Å²) in [7, 11) is 0. The fourth-order valence-corrected chi connectivity index (χ4v) is 1.10. The lowest BCUT2D eigenvalue weighted by atomic mass is 10.1. The van der Waals surface area contributed by atoms with Crippen LogP contribution in [0.25, 0.3) is 0 Å². The van der Waals surface area contributed by atoms with Crippen molar-refractivity contribution < 1.29 is 18.0 Å². The van der Waals surface area contributed by atoms with Crippen molar-refractivity contribution in [3.05, 3.63) is 35.1 Å². The Morgan fingerprint density at radius 3 is 2.50 bits per heavy atom. The molecule has 4 heteroatoms. The number of carbonyl (C=O) groups excluding carboxylic acids is 1. The third-order valence-electron chi connectivity index (χ3n) is 1.82. The average Bonchev–Trinajstić information content (AvgIpc) is 2.15. The van der Waals surface area contributed by atoms with Crippen molar-refractivity contribution in [2.45, 2.75) is 19.8 Å². The van der Waals surface area contributed by atoms with Crippen molar-refractivity contribution in [1.82, 2.24) is 0 Å². The minimum Gasteiger partial charge on any atom is -0.294 e. The van der Waals surface area contributed by atoms with Gasteiger partial charge in [-0.15, -0.1) is 0 Å². The summed E-state index contributed by atoms with van der Waals surface area (Å²) in [5.74, 6) is -1.15. The van der Waals surface area contributed by atoms with Gasteiger partial charge in [0.2, 0.25) is 0 Å². The van der Waals surface area contributed by atoms with E-state index in [1.807, 2.05) is 0 Å². The third-order valence-corrected chi connectivity index (χ3v) is 1.82. The Morgan fingerprint density at radius 1 is 1.36 bits per heavy atom. The molecule has 14 heavy (non-hydrogen) atoms. The molecule has 0 aliphatic rings. The van der Waals surface area contributed by atoms with Crippen LogP contribution in [0.15, 0.2) is 18.2 Å². The van der Waals surface area contributed by atoms with Gasteiger partial charge in [0.1, 0.15) is 5.82 Å². The van der Waals surface area contributed by atoms with Crippen LogP contribution < -0.4 is 0 Å². The summed E-state index contributed by atoms with van der Waals surface area (Å²) >= 11 is 0. The van der Waals surface area contributed by atoms with Gasteiger partial charge in [-0.3, -0.25) is 4.79 Å². The number of Topliss-reactive ketones (excluding diaryl/α,β-unsaturated/α-hetero) is 1. The fraction of sp³-hybridized carbons (Fsp3) is 0.300. The van der Waals surface area contributed by atoms with Gasteiger partial charge >= 0.3 is 0 Å². The normalized spacial score (nSPS) is 10.6. The van der Waals surface area contributed by atoms with Gasteiger partial charge in [-0.1, -0.05) is 6.92 Å². The molecule has 0 aromatic heterocycles. The topological polar surface area (TPSA) is 17.1 Å². The van der Waals surface area contributed by atoms with Gasteiger partial charge in [0.25, 0.3) is 6.43 Å². The van der Waals surface area contributed by atoms with E-state index >= 15 is 0 Å². The number of hydrogen-bond acceptors (Lipinski definition) is 1. The number of benzene rings is 1. The molecule has 0 radical (unpaired) electrons. The lowest BCUT2D eigenvalue weighted by Crippen LogP contribution is -1.99. The number of halogens is 3. The molecule has 0 spiro atoms. The van der Waals surface area contributed by atoms with Crippen molar-refractivity contribution >= 4 is 5.78 Å². The summed E-state index contributed by atoms with van der Waals surface area (Å²) < 4.78 is 37.2. The van der Waals surface area contributed by atoms with Crippen LogP contribution in [0.1, 0.15) is 35.7 Å². The van der Waals surface area contributed by atoms with E-state index in [0.717, 1.165) is 18.2 Å². The predicted molar refractivity (Wildman–Crippen MR) is 46.0 cm³/mol. The number of carbonyl (C=O) groups is 1. The van der Waals surface area contributed by atoms with Crippen LogP contribution in [0.3, 0.4) is 0 Å². The van der Waals surface area contributed by atoms with Gasteiger partial charge in [0.05, 0.1) is 0 Å². The molecule has 1 rings (SSSR count). The van der Waals surface area contributed by atoms with E-state index in [1.54, 1.807) is 6.92 Å². The van der Waals surface area contributed by atoms with Crippen molar-refractivity contribution in [2.75, 3.05) is 0 Å². The zero-order chi connectivity index (χ0) is 10.7. The molecule has 0 unspecified atom stereocenters. The molecule has 0 amide bonds. The summed E-state index contributed by atoms with van der Waals surface area (Å²) in [6.07, 6.45) is -2.58. The molecule has 0 N–H and O–H groups in total. The molecule has 0 aliphatic carbocycles. The molecule has 1 aromatic carbocycles. The Hall–Kier alpha value is -1.32. The van der Waals surface area contributed by atoms with E-state index in [9.17, 15) is 18.0 Å². The highest BCUT2D eigenvalue weighted by molar-refractivity contribution is 5.96. The Bertz CT molecular complexity index is 347. The largest absolute Gasteiger partial charge is 0.294 e. The van der Waals surface area contributed by atoms with Crippen LogP contribution in [0, 0.1) is 5.82 Å². The van der Waals surface area contributed by atoms with E-state index in [0.29, 0.717) is 0 Å². The third kappa shape index (κ3) is 2.34. The zero-order valence-electron chi connectivity index (χ0n) is 7.56. The maximum Gasteiger partial charge on any atom is 0.263 e. The van der Waals surface area contributed by atoms with Crippen LogP contribution in [0.4, 0.5) is 13.2 Å². The second-order valence-electron chi connectivity index (χ2n) is 2.85. The number of alkyl halides is 2. The van der Waals surface area contributed by atoms with Gasteiger partial charge in [0, 0.05) is 17.5 Å². The Kier molecular flexibility index (Phi) is 3.28. The van der Waals surface area contributed by atoms with Gasteiger partial charge in [-0.25, -0.2) is 13.2 Å². The minimum atomic E-state index is -2.76. The Morgan fingerprint density at radius 2 is 2.00 bits per heavy atom. The van der Waals surface area contributed by atoms with Gasteiger partial charge in [-0.2, -0.15) is 0 Å². The quantitative estimate of drug-likeness (QED) is 0.687. The van der Waals surface area contributed by atoms with Crippen LogP contribution >= 0.6 is 0 Å². The summed E-state index contributed by atoms with van der Waals surface area (Å²) in [5, 5.41) is 0. The SMILES string of the molecule is CCC(=O)c1cc(F)cc(C(F)F)c1. The van der Waals surface area contributed by atoms with Crippen molar-refractivity contribution in [1.29, 1.82) is 0 Å². The minimum absolute atomic E-state index is 0.00259. The summed E-state index contributed by atoms with van der Waals surface area (Å²) in [6, 6.07) is 2.73. The first-order valence-electron chi connectivity index (χ1n) is 4.16. The molecule has 1 aromatic rings. The number of hydrogen-bond donors (Lipinski definition) is 0. The van der Waals surface area contributed by atoms with E-state index < -0.39 is 17.8 Å². The van der Waals surface area contributed by atoms with Gasteiger partial charge in [-0.05, 0) is 18.2 Å². The predicted octanol–water partition coefficient (Wildman–Crippen LogP) is 3.36. The molecule has 0 saturated heterocycles. The van der Waals surface area contributed by atoms with Crippen molar-refractivity contribution in [3.8, 4) is 0 Å². The molecular weight excluding hydrogens is 193 g/mol. The molecule has 76 valence electrons. The summed E-state index contributed by atoms with van der Waals surface area (Å²) in [6.45, 7) is 1.59. The van der Waals surface area contributed by atoms with Crippen molar-refractivity contribution in [3.63, 3.8) is 0 Å². The maximum atomic E-state index is 12.8. The Labute approximate surface area is 79.5 Å². The lowest BCUT2D eigenvalue weighted by Gasteiger charge is -2.03. The number of rotatable bonds is 3. The molecule has 1 nitrogen and oxygen atoms in total. The van der Waals surface area contributed by atoms with Gasteiger partial charge in [0.15, 0.2) is 5.78 Å². The first-order valence-corrected chi connectivity index (χ1v) is 4.16. The van der Waals surface area contributed by atoms with Crippen molar-refractivity contribution in [2.24, 2.45) is 0 Å². The second-order valence-corrected chi connectivity index (χ2v) is 2.85. The standard InChI is InChI=1S/C10H9F3O/c1-2-9(14)6-3-7(10(12)13)5-8(11)4-6/h3-5,10H,2H2,1H3. The summed E-state index contributed by atoms with van der Waals surface area (Å²) in [5.41, 5.74) is -0.454. The molecule has 0 aliphatic heterocycles. The van der Waals surface area contributed by atoms with Crippen LogP contribution in [-0.2, 0) is 0 Å². The van der Waals surface area contributed by atoms with E-state index in [2.05, 4.69) is 0 Å². The monoisotopic (exact) mass is 202 g/mol. The van der Waals surface area contributed by atoms with Crippen LogP contribution in [0.2, 0.25) is 0 Å². The highest BCUT2D eigenvalue weighted by Crippen LogP contribution is 2.21. The Balaban J connectivity index is 3.13. The smallest absolute Gasteiger partial charge is 0.263 e. The molecule has 0 atom stereocenters. The zero-order valence-corrected chi connectivity index (χ0v) is 7.56. The average molecular weight is 202 g/mol. The summed E-state index contributed by atoms with van der Waals surface area (Å²) in [4.78, 5) is 11.1. The molecular formula is C10H9F3O. The maximum absolute atomic E-state index is 12.8. The number of ketones is 1. The highest BCUT2D eigenvalue weighted by atomic mass is 19.3. The fourth-order valence-electron chi connectivity index (χ4n) is 1.10. The van der Waals surface area contributed by atoms with Gasteiger partial charge < -0.3 is 0 Å². The molecule has 0 fully saturated rings. The highest BCUT2D eigenvalue weighted by Gasteiger charge is 2.12. The first-order chi connectivity index (χ1) is 6.54. The molecule has 0 heterocycles. The first kappa shape index (κ1) is 10.8. The van der Waals surface area contributed by atoms with Crippen LogP contribution in [-0.4, -0.2) is 5.78 Å². The second kappa shape index (κ2) is 4.26. The molecule has 0 bridgehead atoms.